The summed E-state index contributed by atoms with van der Waals surface area (Å²) in [5.74, 6) is 0.541. The Hall–Kier alpha value is -2.82. The number of anilines is 3. The number of aryl methyl sites for hydroxylation is 1. The number of nitrogens with zero attached hydrogens (tertiary/aromatic N) is 3. The molecule has 0 aliphatic carbocycles. The van der Waals surface area contributed by atoms with Crippen LogP contribution in [0.25, 0.3) is 5.69 Å². The molecular formula is C15H15N5. The van der Waals surface area contributed by atoms with E-state index in [1.54, 1.807) is 11.0 Å². The Bertz CT molecular complexity index is 698. The first-order valence-corrected chi connectivity index (χ1v) is 6.32. The highest BCUT2D eigenvalue weighted by Gasteiger charge is 2.03. The summed E-state index contributed by atoms with van der Waals surface area (Å²) in [5.41, 5.74) is 9.49. The molecule has 0 amide bonds. The average molecular weight is 265 g/mol. The zero-order chi connectivity index (χ0) is 13.9. The Kier molecular flexibility index (Phi) is 3.09. The molecule has 2 aromatic carbocycles. The molecule has 0 saturated heterocycles. The lowest BCUT2D eigenvalue weighted by molar-refractivity contribution is 0.882. The predicted molar refractivity (Wildman–Crippen MR) is 80.2 cm³/mol. The molecule has 0 atom stereocenters. The summed E-state index contributed by atoms with van der Waals surface area (Å²) in [6, 6.07) is 15.6. The number of para-hydroxylation sites is 1. The first kappa shape index (κ1) is 12.2. The molecule has 5 nitrogen and oxygen atoms in total. The van der Waals surface area contributed by atoms with Crippen LogP contribution in [0.2, 0.25) is 0 Å². The molecule has 20 heavy (non-hydrogen) atoms. The second kappa shape index (κ2) is 5.05. The Labute approximate surface area is 117 Å². The summed E-state index contributed by atoms with van der Waals surface area (Å²) in [6.45, 7) is 2.00. The normalized spacial score (nSPS) is 10.4. The van der Waals surface area contributed by atoms with Crippen molar-refractivity contribution in [2.24, 2.45) is 0 Å². The summed E-state index contributed by atoms with van der Waals surface area (Å²) in [6.07, 6.45) is 1.68. The van der Waals surface area contributed by atoms with Crippen LogP contribution < -0.4 is 11.1 Å². The SMILES string of the molecule is Cc1cc(N)cc(Nc2ncn(-c3ccccc3)n2)c1. The van der Waals surface area contributed by atoms with Gasteiger partial charge in [0, 0.05) is 11.4 Å². The smallest absolute Gasteiger partial charge is 0.246 e. The standard InChI is InChI=1S/C15H15N5/c1-11-7-12(16)9-13(8-11)18-15-17-10-20(19-15)14-5-3-2-4-6-14/h2-10H,16H2,1H3,(H,18,19). The first-order valence-electron chi connectivity index (χ1n) is 6.32. The Morgan fingerprint density at radius 1 is 1.10 bits per heavy atom. The van der Waals surface area contributed by atoms with Crippen molar-refractivity contribution in [3.63, 3.8) is 0 Å². The van der Waals surface area contributed by atoms with Crippen LogP contribution in [0.4, 0.5) is 17.3 Å². The minimum Gasteiger partial charge on any atom is -0.399 e. The van der Waals surface area contributed by atoms with Crippen LogP contribution in [0.3, 0.4) is 0 Å². The van der Waals surface area contributed by atoms with Crippen molar-refractivity contribution in [1.82, 2.24) is 14.8 Å². The number of nitrogens with two attached hydrogens (primary N) is 1. The quantitative estimate of drug-likeness (QED) is 0.714. The molecule has 3 aromatic rings. The average Bonchev–Trinajstić information content (AvgIpc) is 2.87. The Morgan fingerprint density at radius 3 is 2.65 bits per heavy atom. The molecule has 0 radical (unpaired) electrons. The van der Waals surface area contributed by atoms with E-state index in [0.29, 0.717) is 5.95 Å². The number of nitrogen functional groups attached to an aromatic ring is 1. The van der Waals surface area contributed by atoms with Gasteiger partial charge in [-0.15, -0.1) is 5.10 Å². The maximum atomic E-state index is 5.82. The fourth-order valence-corrected chi connectivity index (χ4v) is 2.04. The third kappa shape index (κ3) is 2.61. The van der Waals surface area contributed by atoms with E-state index in [2.05, 4.69) is 15.4 Å². The van der Waals surface area contributed by atoms with Gasteiger partial charge in [-0.25, -0.2) is 4.68 Å². The zero-order valence-corrected chi connectivity index (χ0v) is 11.1. The molecular weight excluding hydrogens is 250 g/mol. The molecule has 0 bridgehead atoms. The molecule has 0 fully saturated rings. The third-order valence-electron chi connectivity index (χ3n) is 2.87. The summed E-state index contributed by atoms with van der Waals surface area (Å²) in [5, 5.41) is 7.54. The topological polar surface area (TPSA) is 68.8 Å². The van der Waals surface area contributed by atoms with Gasteiger partial charge in [-0.2, -0.15) is 4.98 Å². The van der Waals surface area contributed by atoms with Crippen molar-refractivity contribution in [2.45, 2.75) is 6.92 Å². The summed E-state index contributed by atoms with van der Waals surface area (Å²) >= 11 is 0. The van der Waals surface area contributed by atoms with Crippen LogP contribution >= 0.6 is 0 Å². The Morgan fingerprint density at radius 2 is 1.90 bits per heavy atom. The molecule has 0 spiro atoms. The van der Waals surface area contributed by atoms with Gasteiger partial charge in [-0.05, 0) is 42.8 Å². The molecule has 0 unspecified atom stereocenters. The van der Waals surface area contributed by atoms with Crippen molar-refractivity contribution >= 4 is 17.3 Å². The maximum Gasteiger partial charge on any atom is 0.246 e. The van der Waals surface area contributed by atoms with Gasteiger partial charge in [-0.1, -0.05) is 18.2 Å². The first-order chi connectivity index (χ1) is 9.70. The predicted octanol–water partition coefficient (Wildman–Crippen LogP) is 2.90. The van der Waals surface area contributed by atoms with E-state index < -0.39 is 0 Å². The van der Waals surface area contributed by atoms with E-state index in [9.17, 15) is 0 Å². The molecule has 0 aliphatic heterocycles. The lowest BCUT2D eigenvalue weighted by Crippen LogP contribution is -1.98. The van der Waals surface area contributed by atoms with E-state index in [4.69, 9.17) is 5.73 Å². The highest BCUT2D eigenvalue weighted by molar-refractivity contribution is 5.61. The molecule has 1 heterocycles. The molecule has 5 heteroatoms. The molecule has 100 valence electrons. The highest BCUT2D eigenvalue weighted by Crippen LogP contribution is 2.19. The summed E-state index contributed by atoms with van der Waals surface area (Å²) in [4.78, 5) is 4.25. The van der Waals surface area contributed by atoms with Gasteiger partial charge in [0.25, 0.3) is 0 Å². The van der Waals surface area contributed by atoms with Gasteiger partial charge in [0.2, 0.25) is 5.95 Å². The minimum atomic E-state index is 0.541. The van der Waals surface area contributed by atoms with Crippen LogP contribution in [0, 0.1) is 6.92 Å². The molecule has 3 N–H and O–H groups in total. The molecule has 0 saturated carbocycles. The van der Waals surface area contributed by atoms with Gasteiger partial charge in [0.05, 0.1) is 5.69 Å². The van der Waals surface area contributed by atoms with Crippen molar-refractivity contribution in [3.05, 3.63) is 60.4 Å². The fraction of sp³-hybridized carbons (Fsp3) is 0.0667. The second-order valence-electron chi connectivity index (χ2n) is 4.61. The van der Waals surface area contributed by atoms with Crippen molar-refractivity contribution in [3.8, 4) is 5.69 Å². The molecule has 1 aromatic heterocycles. The molecule has 0 aliphatic rings. The van der Waals surface area contributed by atoms with E-state index in [-0.39, 0.29) is 0 Å². The van der Waals surface area contributed by atoms with Gasteiger partial charge >= 0.3 is 0 Å². The van der Waals surface area contributed by atoms with Crippen LogP contribution in [-0.4, -0.2) is 14.8 Å². The van der Waals surface area contributed by atoms with Crippen molar-refractivity contribution < 1.29 is 0 Å². The molecule has 3 rings (SSSR count). The van der Waals surface area contributed by atoms with Gasteiger partial charge in [0.1, 0.15) is 6.33 Å². The van der Waals surface area contributed by atoms with Crippen LogP contribution in [0.5, 0.6) is 0 Å². The van der Waals surface area contributed by atoms with Crippen LogP contribution in [0.1, 0.15) is 5.56 Å². The zero-order valence-electron chi connectivity index (χ0n) is 11.1. The fourth-order valence-electron chi connectivity index (χ4n) is 2.04. The van der Waals surface area contributed by atoms with Gasteiger partial charge < -0.3 is 11.1 Å². The number of aromatic nitrogens is 3. The summed E-state index contributed by atoms with van der Waals surface area (Å²) in [7, 11) is 0. The lowest BCUT2D eigenvalue weighted by atomic mass is 10.2. The van der Waals surface area contributed by atoms with E-state index in [1.807, 2.05) is 55.5 Å². The maximum absolute atomic E-state index is 5.82. The van der Waals surface area contributed by atoms with Crippen LogP contribution in [0.15, 0.2) is 54.9 Å². The number of hydrogen-bond acceptors (Lipinski definition) is 4. The number of nitrogens with one attached hydrogen (secondary N) is 1. The van der Waals surface area contributed by atoms with Crippen molar-refractivity contribution in [2.75, 3.05) is 11.1 Å². The minimum absolute atomic E-state index is 0.541. The van der Waals surface area contributed by atoms with E-state index >= 15 is 0 Å². The number of rotatable bonds is 3. The van der Waals surface area contributed by atoms with Crippen molar-refractivity contribution in [1.29, 1.82) is 0 Å². The van der Waals surface area contributed by atoms with E-state index in [1.165, 1.54) is 0 Å². The van der Waals surface area contributed by atoms with Gasteiger partial charge in [0.15, 0.2) is 0 Å². The second-order valence-corrected chi connectivity index (χ2v) is 4.61. The lowest BCUT2D eigenvalue weighted by Gasteiger charge is -2.05. The number of hydrogen-bond donors (Lipinski definition) is 2. The monoisotopic (exact) mass is 265 g/mol. The van der Waals surface area contributed by atoms with Crippen LogP contribution in [-0.2, 0) is 0 Å². The van der Waals surface area contributed by atoms with Gasteiger partial charge in [-0.3, -0.25) is 0 Å². The highest BCUT2D eigenvalue weighted by atomic mass is 15.4. The van der Waals surface area contributed by atoms with E-state index in [0.717, 1.165) is 22.6 Å². The Balaban J connectivity index is 1.84. The third-order valence-corrected chi connectivity index (χ3v) is 2.87. The summed E-state index contributed by atoms with van der Waals surface area (Å²) < 4.78 is 1.72. The number of benzene rings is 2. The largest absolute Gasteiger partial charge is 0.399 e.